The summed E-state index contributed by atoms with van der Waals surface area (Å²) < 4.78 is 24.4. The van der Waals surface area contributed by atoms with Crippen LogP contribution < -0.4 is 10.0 Å². The zero-order chi connectivity index (χ0) is 16.2. The summed E-state index contributed by atoms with van der Waals surface area (Å²) in [4.78, 5) is 13.6. The Morgan fingerprint density at radius 2 is 2.05 bits per heavy atom. The minimum atomic E-state index is -3.18. The van der Waals surface area contributed by atoms with Crippen molar-refractivity contribution in [2.75, 3.05) is 18.1 Å². The molecule has 2 rings (SSSR count). The predicted octanol–water partition coefficient (Wildman–Crippen LogP) is 1.51. The number of thiophene rings is 1. The molecule has 22 heavy (non-hydrogen) atoms. The molecule has 1 amide bonds. The molecule has 10 heteroatoms. The second-order valence-electron chi connectivity index (χ2n) is 4.49. The number of amides is 1. The summed E-state index contributed by atoms with van der Waals surface area (Å²) >= 11 is 2.69. The van der Waals surface area contributed by atoms with Crippen LogP contribution in [-0.2, 0) is 22.9 Å². The number of aromatic nitrogens is 2. The van der Waals surface area contributed by atoms with Crippen LogP contribution in [0.3, 0.4) is 0 Å². The van der Waals surface area contributed by atoms with E-state index in [4.69, 9.17) is 0 Å². The predicted molar refractivity (Wildman–Crippen MR) is 88.1 cm³/mol. The van der Waals surface area contributed by atoms with Gasteiger partial charge in [0, 0.05) is 11.4 Å². The number of rotatable bonds is 7. The number of aryl methyl sites for hydroxylation is 1. The molecule has 2 aromatic rings. The molecule has 0 bridgehead atoms. The summed E-state index contributed by atoms with van der Waals surface area (Å²) in [5.74, 6) is -0.230. The van der Waals surface area contributed by atoms with Gasteiger partial charge < -0.3 is 0 Å². The molecule has 0 unspecified atom stereocenters. The first-order chi connectivity index (χ1) is 10.4. The van der Waals surface area contributed by atoms with Crippen molar-refractivity contribution in [2.45, 2.75) is 19.8 Å². The number of carbonyl (C=O) groups is 1. The number of hydrogen-bond donors (Lipinski definition) is 2. The van der Waals surface area contributed by atoms with Crippen LogP contribution >= 0.6 is 22.7 Å². The Balaban J connectivity index is 1.91. The summed E-state index contributed by atoms with van der Waals surface area (Å²) in [6, 6.07) is 3.54. The van der Waals surface area contributed by atoms with E-state index < -0.39 is 10.0 Å². The highest BCUT2D eigenvalue weighted by Crippen LogP contribution is 2.20. The van der Waals surface area contributed by atoms with Crippen LogP contribution in [0, 0.1) is 0 Å². The number of anilines is 1. The van der Waals surface area contributed by atoms with Gasteiger partial charge in [-0.3, -0.25) is 10.1 Å². The average molecular weight is 360 g/mol. The third-order valence-electron chi connectivity index (χ3n) is 2.61. The fourth-order valence-electron chi connectivity index (χ4n) is 1.60. The number of sulfonamides is 1. The fourth-order valence-corrected chi connectivity index (χ4v) is 3.65. The SMILES string of the molecule is CCc1nnc(NC(=O)c2ccc(CCNS(C)(=O)=O)s2)s1. The Labute approximate surface area is 136 Å². The number of nitrogens with zero attached hydrogens (tertiary/aromatic N) is 2. The first-order valence-electron chi connectivity index (χ1n) is 6.54. The molecule has 0 saturated heterocycles. The molecule has 0 aliphatic heterocycles. The van der Waals surface area contributed by atoms with Gasteiger partial charge in [0.05, 0.1) is 11.1 Å². The first-order valence-corrected chi connectivity index (χ1v) is 10.1. The van der Waals surface area contributed by atoms with Crippen LogP contribution in [0.15, 0.2) is 12.1 Å². The molecule has 120 valence electrons. The van der Waals surface area contributed by atoms with Crippen LogP contribution in [0.2, 0.25) is 0 Å². The van der Waals surface area contributed by atoms with E-state index in [1.165, 1.54) is 22.7 Å². The molecule has 7 nitrogen and oxygen atoms in total. The van der Waals surface area contributed by atoms with E-state index >= 15 is 0 Å². The molecule has 0 atom stereocenters. The number of hydrogen-bond acceptors (Lipinski definition) is 7. The van der Waals surface area contributed by atoms with E-state index in [-0.39, 0.29) is 5.91 Å². The van der Waals surface area contributed by atoms with Crippen LogP contribution in [-0.4, -0.2) is 37.3 Å². The van der Waals surface area contributed by atoms with E-state index in [1.807, 2.05) is 13.0 Å². The van der Waals surface area contributed by atoms with E-state index in [0.717, 1.165) is 22.6 Å². The number of carbonyl (C=O) groups excluding carboxylic acids is 1. The van der Waals surface area contributed by atoms with Crippen LogP contribution in [0.1, 0.15) is 26.5 Å². The summed E-state index contributed by atoms with van der Waals surface area (Å²) in [7, 11) is -3.18. The van der Waals surface area contributed by atoms with Crippen LogP contribution in [0.4, 0.5) is 5.13 Å². The average Bonchev–Trinajstić information content (AvgIpc) is 3.06. The molecule has 0 spiro atoms. The Hall–Kier alpha value is -1.36. The van der Waals surface area contributed by atoms with Gasteiger partial charge in [-0.2, -0.15) is 0 Å². The standard InChI is InChI=1S/C12H16N4O3S3/c1-3-10-15-16-12(21-10)14-11(17)9-5-4-8(20-9)6-7-13-22(2,18)19/h4-5,13H,3,6-7H2,1-2H3,(H,14,16,17). The molecular weight excluding hydrogens is 344 g/mol. The topological polar surface area (TPSA) is 101 Å². The smallest absolute Gasteiger partial charge is 0.267 e. The van der Waals surface area contributed by atoms with E-state index in [2.05, 4.69) is 20.2 Å². The molecule has 0 aliphatic carbocycles. The highest BCUT2D eigenvalue weighted by molar-refractivity contribution is 7.88. The summed E-state index contributed by atoms with van der Waals surface area (Å²) in [6.07, 6.45) is 2.45. The largest absolute Gasteiger partial charge is 0.296 e. The van der Waals surface area contributed by atoms with Gasteiger partial charge in [0.1, 0.15) is 5.01 Å². The summed E-state index contributed by atoms with van der Waals surface area (Å²) in [5, 5.41) is 11.9. The zero-order valence-electron chi connectivity index (χ0n) is 12.1. The monoisotopic (exact) mass is 360 g/mol. The first kappa shape index (κ1) is 17.0. The van der Waals surface area contributed by atoms with Crippen molar-refractivity contribution >= 4 is 43.7 Å². The third-order valence-corrected chi connectivity index (χ3v) is 5.47. The molecule has 0 aliphatic rings. The fraction of sp³-hybridized carbons (Fsp3) is 0.417. The minimum Gasteiger partial charge on any atom is -0.296 e. The molecule has 2 aromatic heterocycles. The van der Waals surface area contributed by atoms with Crippen LogP contribution in [0.5, 0.6) is 0 Å². The Bertz CT molecular complexity index is 751. The van der Waals surface area contributed by atoms with E-state index in [1.54, 1.807) is 6.07 Å². The lowest BCUT2D eigenvalue weighted by molar-refractivity contribution is 0.103. The summed E-state index contributed by atoms with van der Waals surface area (Å²) in [6.45, 7) is 2.29. The third kappa shape index (κ3) is 5.13. The lowest BCUT2D eigenvalue weighted by Crippen LogP contribution is -2.24. The van der Waals surface area contributed by atoms with Gasteiger partial charge in [-0.05, 0) is 25.0 Å². The molecule has 0 radical (unpaired) electrons. The minimum absolute atomic E-state index is 0.230. The lowest BCUT2D eigenvalue weighted by atomic mass is 10.3. The highest BCUT2D eigenvalue weighted by atomic mass is 32.2. The maximum Gasteiger partial charge on any atom is 0.267 e. The second kappa shape index (κ2) is 7.27. The maximum atomic E-state index is 12.1. The Morgan fingerprint density at radius 1 is 1.27 bits per heavy atom. The van der Waals surface area contributed by atoms with Crippen LogP contribution in [0.25, 0.3) is 0 Å². The van der Waals surface area contributed by atoms with Gasteiger partial charge in [-0.25, -0.2) is 13.1 Å². The summed E-state index contributed by atoms with van der Waals surface area (Å²) in [5.41, 5.74) is 0. The van der Waals surface area contributed by atoms with E-state index in [9.17, 15) is 13.2 Å². The molecule has 2 N–H and O–H groups in total. The van der Waals surface area contributed by atoms with Gasteiger partial charge in [0.15, 0.2) is 0 Å². The van der Waals surface area contributed by atoms with Gasteiger partial charge in [0.25, 0.3) is 5.91 Å². The van der Waals surface area contributed by atoms with Crippen molar-refractivity contribution in [3.05, 3.63) is 26.9 Å². The van der Waals surface area contributed by atoms with Gasteiger partial charge >= 0.3 is 0 Å². The van der Waals surface area contributed by atoms with Crippen molar-refractivity contribution in [3.63, 3.8) is 0 Å². The quantitative estimate of drug-likeness (QED) is 0.779. The van der Waals surface area contributed by atoms with Crippen molar-refractivity contribution in [1.82, 2.24) is 14.9 Å². The maximum absolute atomic E-state index is 12.1. The Kier molecular flexibility index (Phi) is 5.62. The van der Waals surface area contributed by atoms with Gasteiger partial charge in [-0.1, -0.05) is 18.3 Å². The second-order valence-corrected chi connectivity index (χ2v) is 8.55. The van der Waals surface area contributed by atoms with Crippen molar-refractivity contribution in [3.8, 4) is 0 Å². The molecule has 0 aromatic carbocycles. The number of nitrogens with one attached hydrogen (secondary N) is 2. The highest BCUT2D eigenvalue weighted by Gasteiger charge is 2.12. The molecular formula is C12H16N4O3S3. The molecule has 2 heterocycles. The lowest BCUT2D eigenvalue weighted by Gasteiger charge is -2.00. The van der Waals surface area contributed by atoms with Gasteiger partial charge in [-0.15, -0.1) is 21.5 Å². The van der Waals surface area contributed by atoms with Crippen molar-refractivity contribution in [2.24, 2.45) is 0 Å². The zero-order valence-corrected chi connectivity index (χ0v) is 14.6. The normalized spacial score (nSPS) is 11.5. The van der Waals surface area contributed by atoms with Crippen molar-refractivity contribution < 1.29 is 13.2 Å². The molecule has 0 fully saturated rings. The van der Waals surface area contributed by atoms with Crippen molar-refractivity contribution in [1.29, 1.82) is 0 Å². The molecule has 0 saturated carbocycles. The van der Waals surface area contributed by atoms with E-state index in [0.29, 0.717) is 23.0 Å². The van der Waals surface area contributed by atoms with Gasteiger partial charge in [0.2, 0.25) is 15.2 Å². The Morgan fingerprint density at radius 3 is 2.68 bits per heavy atom.